The second-order valence-corrected chi connectivity index (χ2v) is 4.01. The molecule has 0 radical (unpaired) electrons. The van der Waals surface area contributed by atoms with E-state index in [1.165, 1.54) is 0 Å². The van der Waals surface area contributed by atoms with Crippen LogP contribution in [-0.4, -0.2) is 17.6 Å². The van der Waals surface area contributed by atoms with Crippen molar-refractivity contribution in [2.45, 2.75) is 26.2 Å². The average Bonchev–Trinajstić information content (AvgIpc) is 2.25. The monoisotopic (exact) mass is 241 g/mol. The molecule has 0 bridgehead atoms. The lowest BCUT2D eigenvalue weighted by molar-refractivity contribution is 0.0698. The van der Waals surface area contributed by atoms with Crippen molar-refractivity contribution in [1.82, 2.24) is 0 Å². The summed E-state index contributed by atoms with van der Waals surface area (Å²) >= 11 is 5.96. The number of anilines is 1. The Bertz CT molecular complexity index is 366. The van der Waals surface area contributed by atoms with E-state index >= 15 is 0 Å². The summed E-state index contributed by atoms with van der Waals surface area (Å²) in [5, 5.41) is 12.5. The molecular formula is C12H16ClNO2. The first-order valence-corrected chi connectivity index (χ1v) is 5.80. The molecule has 16 heavy (non-hydrogen) atoms. The van der Waals surface area contributed by atoms with Gasteiger partial charge < -0.3 is 10.4 Å². The van der Waals surface area contributed by atoms with Crippen LogP contribution in [0.25, 0.3) is 0 Å². The van der Waals surface area contributed by atoms with Crippen molar-refractivity contribution in [3.8, 4) is 0 Å². The number of rotatable bonds is 6. The molecule has 0 heterocycles. The van der Waals surface area contributed by atoms with E-state index < -0.39 is 5.97 Å². The van der Waals surface area contributed by atoms with Gasteiger partial charge in [-0.3, -0.25) is 0 Å². The normalized spacial score (nSPS) is 10.1. The van der Waals surface area contributed by atoms with Crippen LogP contribution < -0.4 is 5.32 Å². The Kier molecular flexibility index (Phi) is 5.12. The molecule has 0 aliphatic heterocycles. The number of hydrogen-bond acceptors (Lipinski definition) is 2. The van der Waals surface area contributed by atoms with Crippen LogP contribution in [-0.2, 0) is 0 Å². The molecule has 1 rings (SSSR count). The molecule has 0 amide bonds. The molecule has 0 aliphatic carbocycles. The SMILES string of the molecule is CCCCCNc1c(Cl)cccc1C(=O)O. The Labute approximate surface area is 100 Å². The molecule has 0 atom stereocenters. The van der Waals surface area contributed by atoms with Crippen LogP contribution in [0.15, 0.2) is 18.2 Å². The Morgan fingerprint density at radius 1 is 1.44 bits per heavy atom. The van der Waals surface area contributed by atoms with Gasteiger partial charge in [-0.2, -0.15) is 0 Å². The Hall–Kier alpha value is -1.22. The van der Waals surface area contributed by atoms with E-state index in [2.05, 4.69) is 12.2 Å². The van der Waals surface area contributed by atoms with Crippen LogP contribution in [0, 0.1) is 0 Å². The maximum atomic E-state index is 11.0. The highest BCUT2D eigenvalue weighted by Gasteiger charge is 2.11. The number of hydrogen-bond donors (Lipinski definition) is 2. The van der Waals surface area contributed by atoms with Crippen LogP contribution in [0.3, 0.4) is 0 Å². The number of aromatic carboxylic acids is 1. The predicted molar refractivity (Wildman–Crippen MR) is 66.4 cm³/mol. The topological polar surface area (TPSA) is 49.3 Å². The second-order valence-electron chi connectivity index (χ2n) is 3.60. The molecular weight excluding hydrogens is 226 g/mol. The Morgan fingerprint density at radius 2 is 2.19 bits per heavy atom. The lowest BCUT2D eigenvalue weighted by atomic mass is 10.1. The van der Waals surface area contributed by atoms with E-state index in [1.807, 2.05) is 0 Å². The zero-order chi connectivity index (χ0) is 12.0. The fourth-order valence-corrected chi connectivity index (χ4v) is 1.71. The summed E-state index contributed by atoms with van der Waals surface area (Å²) in [4.78, 5) is 11.0. The molecule has 0 fully saturated rings. The molecule has 1 aromatic carbocycles. The minimum atomic E-state index is -0.958. The van der Waals surface area contributed by atoms with Crippen molar-refractivity contribution in [2.75, 3.05) is 11.9 Å². The van der Waals surface area contributed by atoms with Crippen molar-refractivity contribution in [1.29, 1.82) is 0 Å². The zero-order valence-electron chi connectivity index (χ0n) is 9.29. The largest absolute Gasteiger partial charge is 0.478 e. The van der Waals surface area contributed by atoms with Crippen LogP contribution in [0.1, 0.15) is 36.5 Å². The van der Waals surface area contributed by atoms with Gasteiger partial charge in [-0.25, -0.2) is 4.79 Å². The quantitative estimate of drug-likeness (QED) is 0.748. The molecule has 0 saturated heterocycles. The summed E-state index contributed by atoms with van der Waals surface area (Å²) in [7, 11) is 0. The van der Waals surface area contributed by atoms with Gasteiger partial charge in [-0.1, -0.05) is 37.4 Å². The third kappa shape index (κ3) is 3.42. The van der Waals surface area contributed by atoms with Gasteiger partial charge in [0, 0.05) is 6.54 Å². The smallest absolute Gasteiger partial charge is 0.337 e. The molecule has 0 aliphatic rings. The highest BCUT2D eigenvalue weighted by molar-refractivity contribution is 6.34. The highest BCUT2D eigenvalue weighted by atomic mass is 35.5. The van der Waals surface area contributed by atoms with E-state index in [4.69, 9.17) is 16.7 Å². The van der Waals surface area contributed by atoms with Gasteiger partial charge in [0.05, 0.1) is 16.3 Å². The van der Waals surface area contributed by atoms with Crippen LogP contribution in [0.4, 0.5) is 5.69 Å². The minimum absolute atomic E-state index is 0.226. The van der Waals surface area contributed by atoms with Gasteiger partial charge >= 0.3 is 5.97 Å². The number of halogens is 1. The van der Waals surface area contributed by atoms with Crippen molar-refractivity contribution in [3.05, 3.63) is 28.8 Å². The van der Waals surface area contributed by atoms with Crippen molar-refractivity contribution < 1.29 is 9.90 Å². The first kappa shape index (κ1) is 12.8. The van der Waals surface area contributed by atoms with Crippen LogP contribution >= 0.6 is 11.6 Å². The number of nitrogens with one attached hydrogen (secondary N) is 1. The maximum absolute atomic E-state index is 11.0. The van der Waals surface area contributed by atoms with Gasteiger partial charge in [0.15, 0.2) is 0 Å². The van der Waals surface area contributed by atoms with Crippen molar-refractivity contribution in [3.63, 3.8) is 0 Å². The first-order chi connectivity index (χ1) is 7.66. The van der Waals surface area contributed by atoms with E-state index in [-0.39, 0.29) is 5.56 Å². The molecule has 0 saturated carbocycles. The van der Waals surface area contributed by atoms with Gasteiger partial charge in [-0.15, -0.1) is 0 Å². The van der Waals surface area contributed by atoms with Gasteiger partial charge in [-0.05, 0) is 18.6 Å². The second kappa shape index (κ2) is 6.38. The summed E-state index contributed by atoms with van der Waals surface area (Å²) in [6.07, 6.45) is 3.27. The van der Waals surface area contributed by atoms with Crippen LogP contribution in [0.5, 0.6) is 0 Å². The Balaban J connectivity index is 2.73. The van der Waals surface area contributed by atoms with E-state index in [0.717, 1.165) is 25.8 Å². The molecule has 0 unspecified atom stereocenters. The molecule has 0 aromatic heterocycles. The van der Waals surface area contributed by atoms with E-state index in [9.17, 15) is 4.79 Å². The van der Waals surface area contributed by atoms with E-state index in [1.54, 1.807) is 18.2 Å². The highest BCUT2D eigenvalue weighted by Crippen LogP contribution is 2.25. The third-order valence-corrected chi connectivity index (χ3v) is 2.64. The summed E-state index contributed by atoms with van der Waals surface area (Å²) < 4.78 is 0. The number of carboxylic acids is 1. The van der Waals surface area contributed by atoms with Crippen LogP contribution in [0.2, 0.25) is 5.02 Å². The lowest BCUT2D eigenvalue weighted by Gasteiger charge is -2.10. The standard InChI is InChI=1S/C12H16ClNO2/c1-2-3-4-8-14-11-9(12(15)16)6-5-7-10(11)13/h5-7,14H,2-4,8H2,1H3,(H,15,16). The summed E-state index contributed by atoms with van der Waals surface area (Å²) in [6, 6.07) is 4.88. The molecule has 88 valence electrons. The summed E-state index contributed by atoms with van der Waals surface area (Å²) in [5.41, 5.74) is 0.747. The van der Waals surface area contributed by atoms with Gasteiger partial charge in [0.25, 0.3) is 0 Å². The van der Waals surface area contributed by atoms with E-state index in [0.29, 0.717) is 10.7 Å². The lowest BCUT2D eigenvalue weighted by Crippen LogP contribution is -2.08. The fraction of sp³-hybridized carbons (Fsp3) is 0.417. The minimum Gasteiger partial charge on any atom is -0.478 e. The molecule has 4 heteroatoms. The number of para-hydroxylation sites is 1. The summed E-state index contributed by atoms with van der Waals surface area (Å²) in [6.45, 7) is 2.87. The number of carboxylic acid groups (broad SMARTS) is 1. The van der Waals surface area contributed by atoms with Crippen molar-refractivity contribution >= 4 is 23.3 Å². The number of unbranched alkanes of at least 4 members (excludes halogenated alkanes) is 2. The number of benzene rings is 1. The van der Waals surface area contributed by atoms with Gasteiger partial charge in [0.1, 0.15) is 0 Å². The molecule has 1 aromatic rings. The fourth-order valence-electron chi connectivity index (χ4n) is 1.47. The first-order valence-electron chi connectivity index (χ1n) is 5.42. The maximum Gasteiger partial charge on any atom is 0.337 e. The van der Waals surface area contributed by atoms with Gasteiger partial charge in [0.2, 0.25) is 0 Å². The summed E-state index contributed by atoms with van der Waals surface area (Å²) in [5.74, 6) is -0.958. The Morgan fingerprint density at radius 3 is 2.81 bits per heavy atom. The number of carbonyl (C=O) groups is 1. The third-order valence-electron chi connectivity index (χ3n) is 2.33. The molecule has 0 spiro atoms. The zero-order valence-corrected chi connectivity index (χ0v) is 10.0. The average molecular weight is 242 g/mol. The predicted octanol–water partition coefficient (Wildman–Crippen LogP) is 3.64. The molecule has 3 nitrogen and oxygen atoms in total. The molecule has 2 N–H and O–H groups in total. The van der Waals surface area contributed by atoms with Crippen molar-refractivity contribution in [2.24, 2.45) is 0 Å².